The van der Waals surface area contributed by atoms with Gasteiger partial charge < -0.3 is 19.5 Å². The average molecular weight is 387 g/mol. The van der Waals surface area contributed by atoms with Crippen molar-refractivity contribution in [3.8, 4) is 5.69 Å². The number of benzene rings is 1. The van der Waals surface area contributed by atoms with E-state index in [-0.39, 0.29) is 17.7 Å². The highest BCUT2D eigenvalue weighted by Gasteiger charge is 2.26. The fourth-order valence-corrected chi connectivity index (χ4v) is 3.50. The SMILES string of the molecule is CN=C(NCc1ccc(-n2ccnc2C)c(F)c1)N1CCC(C(=O)OC)CC1. The van der Waals surface area contributed by atoms with Crippen LogP contribution >= 0.6 is 0 Å². The van der Waals surface area contributed by atoms with E-state index in [4.69, 9.17) is 4.74 Å². The van der Waals surface area contributed by atoms with Gasteiger partial charge >= 0.3 is 5.97 Å². The number of halogens is 1. The molecule has 1 aliphatic heterocycles. The summed E-state index contributed by atoms with van der Waals surface area (Å²) < 4.78 is 21.1. The Bertz CT molecular complexity index is 856. The lowest BCUT2D eigenvalue weighted by molar-refractivity contribution is -0.146. The fraction of sp³-hybridized carbons (Fsp3) is 0.450. The molecule has 1 N–H and O–H groups in total. The zero-order valence-electron chi connectivity index (χ0n) is 16.5. The number of methoxy groups -OCH3 is 1. The molecule has 1 aliphatic rings. The number of carbonyl (C=O) groups is 1. The number of aromatic nitrogens is 2. The van der Waals surface area contributed by atoms with Crippen molar-refractivity contribution >= 4 is 11.9 Å². The summed E-state index contributed by atoms with van der Waals surface area (Å²) in [6.07, 6.45) is 4.87. The summed E-state index contributed by atoms with van der Waals surface area (Å²) in [5, 5.41) is 3.28. The molecular formula is C20H26FN5O2. The third-order valence-electron chi connectivity index (χ3n) is 5.09. The summed E-state index contributed by atoms with van der Waals surface area (Å²) in [4.78, 5) is 22.2. The van der Waals surface area contributed by atoms with E-state index in [0.717, 1.165) is 43.3 Å². The van der Waals surface area contributed by atoms with Gasteiger partial charge in [0.05, 0.1) is 18.7 Å². The van der Waals surface area contributed by atoms with Crippen molar-refractivity contribution in [3.63, 3.8) is 0 Å². The first-order chi connectivity index (χ1) is 13.5. The number of hydrogen-bond donors (Lipinski definition) is 1. The van der Waals surface area contributed by atoms with E-state index in [9.17, 15) is 9.18 Å². The van der Waals surface area contributed by atoms with Crippen LogP contribution in [0.5, 0.6) is 0 Å². The summed E-state index contributed by atoms with van der Waals surface area (Å²) in [6, 6.07) is 5.17. The zero-order valence-corrected chi connectivity index (χ0v) is 16.5. The van der Waals surface area contributed by atoms with Gasteiger partial charge in [-0.1, -0.05) is 6.07 Å². The fourth-order valence-electron chi connectivity index (χ4n) is 3.50. The van der Waals surface area contributed by atoms with Crippen LogP contribution in [0.1, 0.15) is 24.2 Å². The maximum atomic E-state index is 14.5. The minimum atomic E-state index is -0.297. The summed E-state index contributed by atoms with van der Waals surface area (Å²) >= 11 is 0. The van der Waals surface area contributed by atoms with Gasteiger partial charge in [0.2, 0.25) is 0 Å². The van der Waals surface area contributed by atoms with Crippen molar-refractivity contribution in [1.29, 1.82) is 0 Å². The van der Waals surface area contributed by atoms with Crippen LogP contribution in [0.25, 0.3) is 5.69 Å². The molecule has 28 heavy (non-hydrogen) atoms. The topological polar surface area (TPSA) is 71.8 Å². The van der Waals surface area contributed by atoms with E-state index in [2.05, 4.69) is 20.2 Å². The highest BCUT2D eigenvalue weighted by atomic mass is 19.1. The van der Waals surface area contributed by atoms with Crippen LogP contribution in [0.2, 0.25) is 0 Å². The second-order valence-corrected chi connectivity index (χ2v) is 6.82. The van der Waals surface area contributed by atoms with Gasteiger partial charge in [0.25, 0.3) is 0 Å². The molecule has 150 valence electrons. The number of nitrogens with one attached hydrogen (secondary N) is 1. The molecule has 8 heteroatoms. The number of imidazole rings is 1. The normalized spacial score (nSPS) is 15.6. The number of nitrogens with zero attached hydrogens (tertiary/aromatic N) is 4. The lowest BCUT2D eigenvalue weighted by Gasteiger charge is -2.33. The first kappa shape index (κ1) is 19.9. The van der Waals surface area contributed by atoms with E-state index < -0.39 is 0 Å². The lowest BCUT2D eigenvalue weighted by atomic mass is 9.97. The number of aliphatic imine (C=N–C) groups is 1. The van der Waals surface area contributed by atoms with Crippen LogP contribution in [-0.4, -0.2) is 53.6 Å². The van der Waals surface area contributed by atoms with Crippen molar-refractivity contribution in [2.75, 3.05) is 27.2 Å². The number of likely N-dealkylation sites (tertiary alicyclic amines) is 1. The van der Waals surface area contributed by atoms with Gasteiger partial charge in [-0.25, -0.2) is 9.37 Å². The van der Waals surface area contributed by atoms with Gasteiger partial charge in [0.1, 0.15) is 11.6 Å². The van der Waals surface area contributed by atoms with Gasteiger partial charge in [-0.2, -0.15) is 0 Å². The summed E-state index contributed by atoms with van der Waals surface area (Å²) in [6.45, 7) is 3.76. The molecule has 0 radical (unpaired) electrons. The van der Waals surface area contributed by atoms with Crippen molar-refractivity contribution in [1.82, 2.24) is 19.8 Å². The first-order valence-electron chi connectivity index (χ1n) is 9.35. The first-order valence-corrected chi connectivity index (χ1v) is 9.35. The number of ether oxygens (including phenoxy) is 1. The third-order valence-corrected chi connectivity index (χ3v) is 5.09. The molecular weight excluding hydrogens is 361 g/mol. The maximum absolute atomic E-state index is 14.5. The largest absolute Gasteiger partial charge is 0.469 e. The smallest absolute Gasteiger partial charge is 0.308 e. The van der Waals surface area contributed by atoms with E-state index in [1.165, 1.54) is 13.2 Å². The minimum Gasteiger partial charge on any atom is -0.469 e. The molecule has 0 saturated carbocycles. The molecule has 1 saturated heterocycles. The molecule has 3 rings (SSSR count). The average Bonchev–Trinajstić information content (AvgIpc) is 3.14. The van der Waals surface area contributed by atoms with E-state index in [0.29, 0.717) is 12.2 Å². The molecule has 1 fully saturated rings. The van der Waals surface area contributed by atoms with Gasteiger partial charge in [-0.05, 0) is 37.5 Å². The molecule has 0 unspecified atom stereocenters. The monoisotopic (exact) mass is 387 g/mol. The van der Waals surface area contributed by atoms with E-state index in [1.54, 1.807) is 30.1 Å². The number of esters is 1. The second-order valence-electron chi connectivity index (χ2n) is 6.82. The van der Waals surface area contributed by atoms with Gasteiger partial charge in [0, 0.05) is 39.1 Å². The number of guanidine groups is 1. The third kappa shape index (κ3) is 4.32. The predicted molar refractivity (Wildman–Crippen MR) is 105 cm³/mol. The van der Waals surface area contributed by atoms with E-state index in [1.807, 2.05) is 13.0 Å². The predicted octanol–water partition coefficient (Wildman–Crippen LogP) is 2.28. The Balaban J connectivity index is 1.59. The highest BCUT2D eigenvalue weighted by molar-refractivity contribution is 5.80. The maximum Gasteiger partial charge on any atom is 0.308 e. The zero-order chi connectivity index (χ0) is 20.1. The molecule has 2 aromatic rings. The van der Waals surface area contributed by atoms with Crippen LogP contribution < -0.4 is 5.32 Å². The van der Waals surface area contributed by atoms with Crippen molar-refractivity contribution < 1.29 is 13.9 Å². The van der Waals surface area contributed by atoms with E-state index >= 15 is 0 Å². The van der Waals surface area contributed by atoms with Crippen LogP contribution in [0.15, 0.2) is 35.6 Å². The number of carbonyl (C=O) groups excluding carboxylic acids is 1. The molecule has 0 aliphatic carbocycles. The molecule has 2 heterocycles. The molecule has 1 aromatic heterocycles. The van der Waals surface area contributed by atoms with Crippen LogP contribution in [0, 0.1) is 18.7 Å². The van der Waals surface area contributed by atoms with Crippen LogP contribution in [0.4, 0.5) is 4.39 Å². The number of piperidine rings is 1. The Morgan fingerprint density at radius 1 is 1.39 bits per heavy atom. The molecule has 0 bridgehead atoms. The lowest BCUT2D eigenvalue weighted by Crippen LogP contribution is -2.46. The summed E-state index contributed by atoms with van der Waals surface area (Å²) in [5.41, 5.74) is 1.30. The number of aryl methyl sites for hydroxylation is 1. The molecule has 0 amide bonds. The van der Waals surface area contributed by atoms with Crippen molar-refractivity contribution in [2.45, 2.75) is 26.3 Å². The Morgan fingerprint density at radius 3 is 2.71 bits per heavy atom. The summed E-state index contributed by atoms with van der Waals surface area (Å²) in [7, 11) is 3.15. The van der Waals surface area contributed by atoms with Gasteiger partial charge in [-0.15, -0.1) is 0 Å². The molecule has 0 spiro atoms. The van der Waals surface area contributed by atoms with Gasteiger partial charge in [-0.3, -0.25) is 9.79 Å². The van der Waals surface area contributed by atoms with Crippen molar-refractivity contribution in [3.05, 3.63) is 47.8 Å². The Labute approximate surface area is 164 Å². The standard InChI is InChI=1S/C20H26FN5O2/c1-14-23-8-11-26(14)18-5-4-15(12-17(18)21)13-24-20(22-2)25-9-6-16(7-10-25)19(27)28-3/h4-5,8,11-12,16H,6-7,9-10,13H2,1-3H3,(H,22,24). The summed E-state index contributed by atoms with van der Waals surface area (Å²) in [5.74, 6) is 0.993. The van der Waals surface area contributed by atoms with Crippen molar-refractivity contribution in [2.24, 2.45) is 10.9 Å². The Hall–Kier alpha value is -2.90. The Kier molecular flexibility index (Phi) is 6.28. The number of rotatable bonds is 4. The molecule has 7 nitrogen and oxygen atoms in total. The quantitative estimate of drug-likeness (QED) is 0.495. The van der Waals surface area contributed by atoms with Crippen LogP contribution in [-0.2, 0) is 16.1 Å². The second kappa shape index (κ2) is 8.86. The molecule has 1 aromatic carbocycles. The minimum absolute atomic E-state index is 0.0485. The van der Waals surface area contributed by atoms with Crippen LogP contribution in [0.3, 0.4) is 0 Å². The Morgan fingerprint density at radius 2 is 2.14 bits per heavy atom. The molecule has 0 atom stereocenters. The highest BCUT2D eigenvalue weighted by Crippen LogP contribution is 2.19. The number of hydrogen-bond acceptors (Lipinski definition) is 4. The van der Waals surface area contributed by atoms with Gasteiger partial charge in [0.15, 0.2) is 5.96 Å².